The zero-order valence-electron chi connectivity index (χ0n) is 13.4. The van der Waals surface area contributed by atoms with Gasteiger partial charge < -0.3 is 10.3 Å². The van der Waals surface area contributed by atoms with Crippen LogP contribution in [-0.2, 0) is 6.54 Å². The Morgan fingerprint density at radius 3 is 2.75 bits per heavy atom. The molecule has 2 N–H and O–H groups in total. The molecule has 24 heavy (non-hydrogen) atoms. The van der Waals surface area contributed by atoms with Crippen LogP contribution < -0.4 is 5.73 Å². The van der Waals surface area contributed by atoms with Crippen LogP contribution in [0.15, 0.2) is 54.9 Å². The monoisotopic (exact) mass is 320 g/mol. The smallest absolute Gasteiger partial charge is 0.146 e. The summed E-state index contributed by atoms with van der Waals surface area (Å²) >= 11 is 0. The summed E-state index contributed by atoms with van der Waals surface area (Å²) in [6.07, 6.45) is 6.11. The molecule has 1 atom stereocenters. The quantitative estimate of drug-likeness (QED) is 0.800. The van der Waals surface area contributed by atoms with E-state index >= 15 is 0 Å². The van der Waals surface area contributed by atoms with E-state index in [1.807, 2.05) is 42.7 Å². The molecule has 1 aliphatic heterocycles. The van der Waals surface area contributed by atoms with E-state index in [0.29, 0.717) is 5.82 Å². The Morgan fingerprint density at radius 2 is 1.96 bits per heavy atom. The van der Waals surface area contributed by atoms with Crippen LogP contribution in [0.1, 0.15) is 30.4 Å². The molecule has 3 aromatic rings. The highest BCUT2D eigenvalue weighted by Crippen LogP contribution is 2.32. The molecule has 0 saturated carbocycles. The minimum Gasteiger partial charge on any atom is -0.382 e. The number of hydrogen-bond donors (Lipinski definition) is 1. The molecule has 1 unspecified atom stereocenters. The van der Waals surface area contributed by atoms with E-state index in [2.05, 4.69) is 36.8 Å². The summed E-state index contributed by atoms with van der Waals surface area (Å²) in [5.41, 5.74) is 7.77. The van der Waals surface area contributed by atoms with Crippen LogP contribution in [0.25, 0.3) is 5.69 Å². The number of nitrogens with zero attached hydrogens (tertiary/aromatic N) is 5. The van der Waals surface area contributed by atoms with Gasteiger partial charge in [-0.3, -0.25) is 4.90 Å². The van der Waals surface area contributed by atoms with E-state index in [4.69, 9.17) is 5.73 Å². The zero-order chi connectivity index (χ0) is 16.4. The van der Waals surface area contributed by atoms with Gasteiger partial charge in [-0.15, -0.1) is 5.10 Å². The van der Waals surface area contributed by atoms with Gasteiger partial charge in [0.25, 0.3) is 0 Å². The maximum Gasteiger partial charge on any atom is 0.146 e. The number of aromatic nitrogens is 4. The molecule has 0 spiro atoms. The van der Waals surface area contributed by atoms with E-state index in [9.17, 15) is 0 Å². The lowest BCUT2D eigenvalue weighted by Crippen LogP contribution is -2.25. The van der Waals surface area contributed by atoms with Crippen molar-refractivity contribution in [1.29, 1.82) is 0 Å². The number of imidazole rings is 1. The maximum absolute atomic E-state index is 5.65. The summed E-state index contributed by atoms with van der Waals surface area (Å²) in [5, 5.41) is 8.28. The summed E-state index contributed by atoms with van der Waals surface area (Å²) in [4.78, 5) is 6.98. The van der Waals surface area contributed by atoms with E-state index in [-0.39, 0.29) is 6.04 Å². The van der Waals surface area contributed by atoms with Crippen molar-refractivity contribution < 1.29 is 0 Å². The Hall–Kier alpha value is -2.73. The lowest BCUT2D eigenvalue weighted by Gasteiger charge is -2.23. The first kappa shape index (κ1) is 14.8. The van der Waals surface area contributed by atoms with Crippen molar-refractivity contribution in [3.63, 3.8) is 0 Å². The average molecular weight is 320 g/mol. The number of para-hydroxylation sites is 1. The Labute approximate surface area is 141 Å². The topological polar surface area (TPSA) is 72.9 Å². The average Bonchev–Trinajstić information content (AvgIpc) is 3.26. The van der Waals surface area contributed by atoms with Crippen molar-refractivity contribution >= 4 is 5.82 Å². The number of benzene rings is 1. The van der Waals surface area contributed by atoms with Gasteiger partial charge in [0.1, 0.15) is 11.6 Å². The van der Waals surface area contributed by atoms with Crippen molar-refractivity contribution in [2.75, 3.05) is 12.3 Å². The molecule has 0 radical (unpaired) electrons. The van der Waals surface area contributed by atoms with Crippen molar-refractivity contribution in [3.05, 3.63) is 66.4 Å². The number of hydrogen-bond acceptors (Lipinski definition) is 5. The molecule has 1 aliphatic rings. The molecule has 4 rings (SSSR count). The predicted octanol–water partition coefficient (Wildman–Crippen LogP) is 2.58. The third-order valence-electron chi connectivity index (χ3n) is 4.51. The molecule has 0 aliphatic carbocycles. The fourth-order valence-electron chi connectivity index (χ4n) is 3.34. The second-order valence-electron chi connectivity index (χ2n) is 6.06. The Bertz CT molecular complexity index is 796. The van der Waals surface area contributed by atoms with Crippen LogP contribution in [0, 0.1) is 0 Å². The van der Waals surface area contributed by atoms with Gasteiger partial charge in [0.2, 0.25) is 0 Å². The van der Waals surface area contributed by atoms with Crippen LogP contribution in [0.5, 0.6) is 0 Å². The maximum atomic E-state index is 5.65. The third-order valence-corrected chi connectivity index (χ3v) is 4.51. The van der Waals surface area contributed by atoms with E-state index < -0.39 is 0 Å². The van der Waals surface area contributed by atoms with Gasteiger partial charge in [-0.25, -0.2) is 4.98 Å². The number of nitrogen functional groups attached to an aromatic ring is 1. The van der Waals surface area contributed by atoms with Crippen LogP contribution in [0.3, 0.4) is 0 Å². The summed E-state index contributed by atoms with van der Waals surface area (Å²) in [7, 11) is 0. The Kier molecular flexibility index (Phi) is 3.96. The molecule has 0 bridgehead atoms. The van der Waals surface area contributed by atoms with Gasteiger partial charge in [-0.05, 0) is 43.7 Å². The second-order valence-corrected chi connectivity index (χ2v) is 6.06. The SMILES string of the molecule is Nc1ccc(C2CCCN2Cc2nccn2-c2ccccc2)nn1. The molecule has 0 amide bonds. The molecule has 122 valence electrons. The number of anilines is 1. The highest BCUT2D eigenvalue weighted by molar-refractivity contribution is 5.33. The summed E-state index contributed by atoms with van der Waals surface area (Å²) in [5.74, 6) is 1.50. The first-order valence-electron chi connectivity index (χ1n) is 8.22. The van der Waals surface area contributed by atoms with Crippen molar-refractivity contribution in [2.24, 2.45) is 0 Å². The normalized spacial score (nSPS) is 18.1. The van der Waals surface area contributed by atoms with Gasteiger partial charge in [0.05, 0.1) is 18.3 Å². The molecule has 2 aromatic heterocycles. The first-order chi connectivity index (χ1) is 11.8. The van der Waals surface area contributed by atoms with Crippen LogP contribution in [0.4, 0.5) is 5.82 Å². The molecule has 6 heteroatoms. The largest absolute Gasteiger partial charge is 0.382 e. The Morgan fingerprint density at radius 1 is 1.08 bits per heavy atom. The summed E-state index contributed by atoms with van der Waals surface area (Å²) < 4.78 is 2.14. The molecule has 6 nitrogen and oxygen atoms in total. The second kappa shape index (κ2) is 6.41. The van der Waals surface area contributed by atoms with Crippen molar-refractivity contribution in [1.82, 2.24) is 24.6 Å². The van der Waals surface area contributed by atoms with E-state index in [1.54, 1.807) is 0 Å². The minimum atomic E-state index is 0.277. The van der Waals surface area contributed by atoms with Crippen molar-refractivity contribution in [3.8, 4) is 5.69 Å². The summed E-state index contributed by atoms with van der Waals surface area (Å²) in [6, 6.07) is 14.4. The summed E-state index contributed by atoms with van der Waals surface area (Å²) in [6.45, 7) is 1.83. The van der Waals surface area contributed by atoms with Crippen LogP contribution >= 0.6 is 0 Å². The van der Waals surface area contributed by atoms with Gasteiger partial charge in [0.15, 0.2) is 0 Å². The number of likely N-dealkylation sites (tertiary alicyclic amines) is 1. The molecule has 1 saturated heterocycles. The first-order valence-corrected chi connectivity index (χ1v) is 8.22. The zero-order valence-corrected chi connectivity index (χ0v) is 13.4. The number of rotatable bonds is 4. The number of nitrogens with two attached hydrogens (primary N) is 1. The Balaban J connectivity index is 1.57. The van der Waals surface area contributed by atoms with E-state index in [1.165, 1.54) is 0 Å². The van der Waals surface area contributed by atoms with Gasteiger partial charge >= 0.3 is 0 Å². The molecule has 1 fully saturated rings. The van der Waals surface area contributed by atoms with Gasteiger partial charge in [-0.2, -0.15) is 5.10 Å². The van der Waals surface area contributed by atoms with Crippen molar-refractivity contribution in [2.45, 2.75) is 25.4 Å². The lowest BCUT2D eigenvalue weighted by molar-refractivity contribution is 0.236. The standard InChI is InChI=1S/C18H20N6/c19-17-9-8-15(21-22-17)16-7-4-11-23(16)13-18-20-10-12-24(18)14-5-2-1-3-6-14/h1-3,5-6,8-10,12,16H,4,7,11,13H2,(H2,19,22). The molecular formula is C18H20N6. The molecular weight excluding hydrogens is 300 g/mol. The fraction of sp³-hybridized carbons (Fsp3) is 0.278. The highest BCUT2D eigenvalue weighted by Gasteiger charge is 2.28. The van der Waals surface area contributed by atoms with E-state index in [0.717, 1.165) is 43.1 Å². The van der Waals surface area contributed by atoms with Gasteiger partial charge in [0, 0.05) is 18.1 Å². The highest BCUT2D eigenvalue weighted by atomic mass is 15.2. The van der Waals surface area contributed by atoms with Crippen LogP contribution in [0.2, 0.25) is 0 Å². The third kappa shape index (κ3) is 2.88. The molecule has 1 aromatic carbocycles. The predicted molar refractivity (Wildman–Crippen MR) is 92.4 cm³/mol. The lowest BCUT2D eigenvalue weighted by atomic mass is 10.1. The fourth-order valence-corrected chi connectivity index (χ4v) is 3.34. The minimum absolute atomic E-state index is 0.277. The molecule has 3 heterocycles. The van der Waals surface area contributed by atoms with Gasteiger partial charge in [-0.1, -0.05) is 18.2 Å². The van der Waals surface area contributed by atoms with Crippen LogP contribution in [-0.4, -0.2) is 31.2 Å².